The largest absolute Gasteiger partial charge is 0.453 e. The van der Waals surface area contributed by atoms with E-state index in [1.165, 1.54) is 19.1 Å². The molecule has 1 aromatic rings. The average molecular weight is 392 g/mol. The maximum absolute atomic E-state index is 13.0. The summed E-state index contributed by atoms with van der Waals surface area (Å²) >= 11 is 0. The smallest absolute Gasteiger partial charge is 0.326 e. The van der Waals surface area contributed by atoms with Gasteiger partial charge < -0.3 is 10.1 Å². The number of hydrogen-bond donors (Lipinski definition) is 1. The predicted octanol–water partition coefficient (Wildman–Crippen LogP) is 2.69. The lowest BCUT2D eigenvalue weighted by Crippen LogP contribution is -2.44. The molecule has 0 spiro atoms. The van der Waals surface area contributed by atoms with Gasteiger partial charge in [-0.3, -0.25) is 19.3 Å². The Kier molecular flexibility index (Phi) is 6.53. The molecule has 1 aliphatic rings. The summed E-state index contributed by atoms with van der Waals surface area (Å²) in [7, 11) is 0. The Hall–Kier alpha value is -2.77. The number of benzene rings is 1. The molecule has 7 nitrogen and oxygen atoms in total. The van der Waals surface area contributed by atoms with Crippen LogP contribution in [0.25, 0.3) is 0 Å². The minimum atomic E-state index is -1.13. The van der Waals surface area contributed by atoms with Crippen molar-refractivity contribution in [1.82, 2.24) is 10.2 Å². The fraction of sp³-hybridized carbons (Fsp3) is 0.500. The van der Waals surface area contributed by atoms with Gasteiger partial charge in [0.25, 0.3) is 5.91 Å². The highest BCUT2D eigenvalue weighted by atomic mass is 19.1. The van der Waals surface area contributed by atoms with E-state index < -0.39 is 47.7 Å². The minimum absolute atomic E-state index is 0.193. The van der Waals surface area contributed by atoms with Gasteiger partial charge in [0, 0.05) is 5.56 Å². The van der Waals surface area contributed by atoms with Crippen molar-refractivity contribution in [3.8, 4) is 0 Å². The van der Waals surface area contributed by atoms with Crippen molar-refractivity contribution < 1.29 is 28.3 Å². The second-order valence-corrected chi connectivity index (χ2v) is 7.59. The number of hydrogen-bond acceptors (Lipinski definition) is 5. The average Bonchev–Trinajstić information content (AvgIpc) is 2.83. The topological polar surface area (TPSA) is 92.8 Å². The summed E-state index contributed by atoms with van der Waals surface area (Å²) in [5, 5.41) is 2.63. The number of urea groups is 1. The summed E-state index contributed by atoms with van der Waals surface area (Å²) in [6.45, 7) is 6.45. The molecule has 3 amide bonds. The second-order valence-electron chi connectivity index (χ2n) is 7.59. The molecular formula is C20H25FN2O5. The van der Waals surface area contributed by atoms with Gasteiger partial charge in [-0.2, -0.15) is 0 Å². The quantitative estimate of drug-likeness (QED) is 0.417. The number of esters is 1. The molecule has 0 aliphatic carbocycles. The van der Waals surface area contributed by atoms with Crippen molar-refractivity contribution in [3.63, 3.8) is 0 Å². The van der Waals surface area contributed by atoms with E-state index in [1.54, 1.807) is 6.92 Å². The lowest BCUT2D eigenvalue weighted by atomic mass is 9.92. The zero-order chi connectivity index (χ0) is 21.1. The number of Topliss-reactive ketones (excluding diaryl/α,β-unsaturated/α-hetero) is 1. The molecule has 1 saturated heterocycles. The standard InChI is InChI=1S/C20H25FN2O5/c1-12(2)9-10-20(4)18(26)23(19(27)22-20)11-16(24)28-13(3)17(25)14-5-7-15(21)8-6-14/h5-8,12-13H,9-11H2,1-4H3,(H,22,27)/t13-,20+/m0/s1. The first kappa shape index (κ1) is 21.5. The van der Waals surface area contributed by atoms with Gasteiger partial charge in [0.2, 0.25) is 5.78 Å². The fourth-order valence-electron chi connectivity index (χ4n) is 2.90. The molecule has 0 unspecified atom stereocenters. The molecule has 1 aromatic carbocycles. The minimum Gasteiger partial charge on any atom is -0.453 e. The lowest BCUT2D eigenvalue weighted by molar-refractivity contribution is -0.149. The summed E-state index contributed by atoms with van der Waals surface area (Å²) < 4.78 is 18.0. The van der Waals surface area contributed by atoms with Crippen LogP contribution in [0.5, 0.6) is 0 Å². The highest BCUT2D eigenvalue weighted by Crippen LogP contribution is 2.24. The number of nitrogens with one attached hydrogen (secondary N) is 1. The van der Waals surface area contributed by atoms with Crippen molar-refractivity contribution in [2.75, 3.05) is 6.54 Å². The number of rotatable bonds is 8. The van der Waals surface area contributed by atoms with Gasteiger partial charge in [-0.25, -0.2) is 9.18 Å². The van der Waals surface area contributed by atoms with Gasteiger partial charge >= 0.3 is 12.0 Å². The number of carbonyl (C=O) groups is 4. The zero-order valence-electron chi connectivity index (χ0n) is 16.5. The van der Waals surface area contributed by atoms with Crippen LogP contribution in [-0.2, 0) is 14.3 Å². The highest BCUT2D eigenvalue weighted by molar-refractivity contribution is 6.08. The second kappa shape index (κ2) is 8.50. The normalized spacial score (nSPS) is 20.3. The Morgan fingerprint density at radius 2 is 1.79 bits per heavy atom. The van der Waals surface area contributed by atoms with Gasteiger partial charge in [0.1, 0.15) is 17.9 Å². The van der Waals surface area contributed by atoms with Crippen LogP contribution in [0, 0.1) is 11.7 Å². The predicted molar refractivity (Wildman–Crippen MR) is 99.0 cm³/mol. The molecule has 1 fully saturated rings. The van der Waals surface area contributed by atoms with E-state index in [0.717, 1.165) is 23.5 Å². The molecule has 28 heavy (non-hydrogen) atoms. The van der Waals surface area contributed by atoms with Crippen LogP contribution in [0.15, 0.2) is 24.3 Å². The van der Waals surface area contributed by atoms with Crippen molar-refractivity contribution >= 4 is 23.7 Å². The third-order valence-electron chi connectivity index (χ3n) is 4.66. The van der Waals surface area contributed by atoms with Gasteiger partial charge in [-0.15, -0.1) is 0 Å². The molecule has 152 valence electrons. The number of ketones is 1. The molecule has 2 atom stereocenters. The first-order valence-electron chi connectivity index (χ1n) is 9.17. The summed E-state index contributed by atoms with van der Waals surface area (Å²) in [6.07, 6.45) is 0.0654. The molecule has 1 N–H and O–H groups in total. The van der Waals surface area contributed by atoms with Crippen molar-refractivity contribution in [3.05, 3.63) is 35.6 Å². The summed E-state index contributed by atoms with van der Waals surface area (Å²) in [5.74, 6) is -2.00. The van der Waals surface area contributed by atoms with E-state index in [-0.39, 0.29) is 5.56 Å². The third-order valence-corrected chi connectivity index (χ3v) is 4.66. The van der Waals surface area contributed by atoms with E-state index in [2.05, 4.69) is 5.32 Å². The maximum atomic E-state index is 13.0. The molecule has 0 bridgehead atoms. The summed E-state index contributed by atoms with van der Waals surface area (Å²) in [4.78, 5) is 49.9. The number of halogens is 1. The highest BCUT2D eigenvalue weighted by Gasteiger charge is 2.48. The fourth-order valence-corrected chi connectivity index (χ4v) is 2.90. The molecule has 0 aromatic heterocycles. The molecule has 1 heterocycles. The SMILES string of the molecule is CC(C)CC[C@@]1(C)NC(=O)N(CC(=O)O[C@@H](C)C(=O)c2ccc(F)cc2)C1=O. The van der Waals surface area contributed by atoms with Crippen molar-refractivity contribution in [2.45, 2.75) is 52.2 Å². The number of amides is 3. The van der Waals surface area contributed by atoms with Crippen LogP contribution in [-0.4, -0.2) is 46.8 Å². The molecule has 0 saturated carbocycles. The van der Waals surface area contributed by atoms with E-state index in [1.807, 2.05) is 13.8 Å². The van der Waals surface area contributed by atoms with Gasteiger partial charge in [-0.1, -0.05) is 13.8 Å². The van der Waals surface area contributed by atoms with E-state index in [4.69, 9.17) is 4.74 Å². The number of imide groups is 1. The van der Waals surface area contributed by atoms with Crippen LogP contribution in [0.2, 0.25) is 0 Å². The Labute approximate surface area is 163 Å². The van der Waals surface area contributed by atoms with Gasteiger partial charge in [-0.05, 0) is 56.9 Å². The van der Waals surface area contributed by atoms with Crippen LogP contribution < -0.4 is 5.32 Å². The van der Waals surface area contributed by atoms with Gasteiger partial charge in [0.15, 0.2) is 6.10 Å². The van der Waals surface area contributed by atoms with Crippen molar-refractivity contribution in [2.24, 2.45) is 5.92 Å². The number of ether oxygens (including phenoxy) is 1. The maximum Gasteiger partial charge on any atom is 0.326 e. The molecule has 2 rings (SSSR count). The summed E-state index contributed by atoms with van der Waals surface area (Å²) in [5.41, 5.74) is -0.866. The first-order chi connectivity index (χ1) is 13.0. The Bertz CT molecular complexity index is 777. The monoisotopic (exact) mass is 392 g/mol. The molecule has 8 heteroatoms. The Morgan fingerprint density at radius 1 is 1.18 bits per heavy atom. The number of carbonyl (C=O) groups excluding carboxylic acids is 4. The third kappa shape index (κ3) is 4.94. The van der Waals surface area contributed by atoms with Crippen LogP contribution in [0.3, 0.4) is 0 Å². The van der Waals surface area contributed by atoms with Crippen LogP contribution >= 0.6 is 0 Å². The zero-order valence-corrected chi connectivity index (χ0v) is 16.5. The molecule has 1 aliphatic heterocycles. The molecular weight excluding hydrogens is 367 g/mol. The van der Waals surface area contributed by atoms with Crippen molar-refractivity contribution in [1.29, 1.82) is 0 Å². The Morgan fingerprint density at radius 3 is 2.36 bits per heavy atom. The Balaban J connectivity index is 1.96. The van der Waals surface area contributed by atoms with E-state index in [0.29, 0.717) is 12.3 Å². The van der Waals surface area contributed by atoms with E-state index in [9.17, 15) is 23.6 Å². The summed E-state index contributed by atoms with van der Waals surface area (Å²) in [6, 6.07) is 4.19. The van der Waals surface area contributed by atoms with Crippen LogP contribution in [0.4, 0.5) is 9.18 Å². The first-order valence-corrected chi connectivity index (χ1v) is 9.17. The van der Waals surface area contributed by atoms with Gasteiger partial charge in [0.05, 0.1) is 0 Å². The lowest BCUT2D eigenvalue weighted by Gasteiger charge is -2.22. The number of nitrogens with zero attached hydrogens (tertiary/aromatic N) is 1. The van der Waals surface area contributed by atoms with E-state index >= 15 is 0 Å². The molecule has 0 radical (unpaired) electrons. The van der Waals surface area contributed by atoms with Crippen LogP contribution in [0.1, 0.15) is 50.9 Å².